The molecule has 1 aromatic rings. The highest BCUT2D eigenvalue weighted by molar-refractivity contribution is 8.33. The predicted molar refractivity (Wildman–Crippen MR) is 97.5 cm³/mol. The van der Waals surface area contributed by atoms with Crippen LogP contribution in [-0.2, 0) is 6.42 Å². The fourth-order valence-corrected chi connectivity index (χ4v) is 7.76. The van der Waals surface area contributed by atoms with Crippen LogP contribution < -0.4 is 0 Å². The van der Waals surface area contributed by atoms with Crippen LogP contribution in [0.4, 0.5) is 0 Å². The van der Waals surface area contributed by atoms with Gasteiger partial charge in [-0.05, 0) is 60.1 Å². The molecule has 0 spiro atoms. The molecule has 1 aliphatic heterocycles. The summed E-state index contributed by atoms with van der Waals surface area (Å²) < 4.78 is 0. The SMILES string of the molecule is C=C(C)c1cccc2c1S(C)(C)C(CC1CCCCC1)C2. The van der Waals surface area contributed by atoms with Gasteiger partial charge in [-0.1, -0.05) is 56.9 Å². The molecule has 0 nitrogen and oxygen atoms in total. The lowest BCUT2D eigenvalue weighted by molar-refractivity contribution is 0.336. The molecule has 0 bridgehead atoms. The lowest BCUT2D eigenvalue weighted by atomic mass is 9.85. The van der Waals surface area contributed by atoms with E-state index in [4.69, 9.17) is 0 Å². The fraction of sp³-hybridized carbons (Fsp3) is 0.600. The summed E-state index contributed by atoms with van der Waals surface area (Å²) >= 11 is 0. The Hall–Kier alpha value is -0.690. The quantitative estimate of drug-likeness (QED) is 0.638. The van der Waals surface area contributed by atoms with Crippen molar-refractivity contribution < 1.29 is 0 Å². The van der Waals surface area contributed by atoms with Crippen LogP contribution in [0.3, 0.4) is 0 Å². The van der Waals surface area contributed by atoms with Gasteiger partial charge in [0, 0.05) is 4.90 Å². The van der Waals surface area contributed by atoms with Crippen molar-refractivity contribution in [2.75, 3.05) is 12.5 Å². The van der Waals surface area contributed by atoms with Crippen LogP contribution in [0.1, 0.15) is 56.6 Å². The minimum atomic E-state index is -0.682. The molecule has 0 saturated heterocycles. The second-order valence-corrected chi connectivity index (χ2v) is 11.4. The zero-order chi connectivity index (χ0) is 15.0. The maximum absolute atomic E-state index is 4.22. The zero-order valence-electron chi connectivity index (χ0n) is 14.0. The summed E-state index contributed by atoms with van der Waals surface area (Å²) in [4.78, 5) is 1.68. The van der Waals surface area contributed by atoms with Crippen molar-refractivity contribution >= 4 is 15.6 Å². The van der Waals surface area contributed by atoms with Crippen LogP contribution in [0.5, 0.6) is 0 Å². The number of hydrogen-bond donors (Lipinski definition) is 0. The Labute approximate surface area is 132 Å². The van der Waals surface area contributed by atoms with Gasteiger partial charge in [-0.2, -0.15) is 0 Å². The van der Waals surface area contributed by atoms with Crippen molar-refractivity contribution in [1.82, 2.24) is 0 Å². The molecule has 116 valence electrons. The van der Waals surface area contributed by atoms with E-state index in [1.54, 1.807) is 10.5 Å². The second kappa shape index (κ2) is 5.83. The average molecular weight is 303 g/mol. The molecule has 0 amide bonds. The molecule has 1 aliphatic carbocycles. The maximum Gasteiger partial charge on any atom is 0.000655 e. The van der Waals surface area contributed by atoms with E-state index in [1.165, 1.54) is 56.1 Å². The average Bonchev–Trinajstić information content (AvgIpc) is 2.71. The lowest BCUT2D eigenvalue weighted by Gasteiger charge is -2.38. The van der Waals surface area contributed by atoms with Gasteiger partial charge in [0.05, 0.1) is 0 Å². The third-order valence-electron chi connectivity index (χ3n) is 5.68. The third kappa shape index (κ3) is 2.82. The van der Waals surface area contributed by atoms with E-state index in [0.29, 0.717) is 0 Å². The maximum atomic E-state index is 4.22. The zero-order valence-corrected chi connectivity index (χ0v) is 14.8. The summed E-state index contributed by atoms with van der Waals surface area (Å²) in [6.07, 6.45) is 15.3. The van der Waals surface area contributed by atoms with E-state index in [0.717, 1.165) is 11.2 Å². The first kappa shape index (κ1) is 15.2. The molecule has 1 saturated carbocycles. The molecule has 0 aromatic heterocycles. The van der Waals surface area contributed by atoms with Gasteiger partial charge in [0.15, 0.2) is 0 Å². The second-order valence-electron chi connectivity index (χ2n) is 7.55. The van der Waals surface area contributed by atoms with E-state index >= 15 is 0 Å². The normalized spacial score (nSPS) is 26.3. The molecule has 1 heteroatoms. The van der Waals surface area contributed by atoms with Gasteiger partial charge in [0.2, 0.25) is 0 Å². The highest BCUT2D eigenvalue weighted by Crippen LogP contribution is 2.64. The summed E-state index contributed by atoms with van der Waals surface area (Å²) in [6, 6.07) is 6.90. The number of rotatable bonds is 3. The minimum Gasteiger partial charge on any atom is -0.216 e. The van der Waals surface area contributed by atoms with Gasteiger partial charge in [-0.3, -0.25) is 0 Å². The molecule has 21 heavy (non-hydrogen) atoms. The molecule has 0 N–H and O–H groups in total. The number of allylic oxidation sites excluding steroid dienone is 1. The summed E-state index contributed by atoms with van der Waals surface area (Å²) in [7, 11) is -0.682. The predicted octanol–water partition coefficient (Wildman–Crippen LogP) is 6.04. The molecule has 1 unspecified atom stereocenters. The number of fused-ring (bicyclic) bond motifs is 1. The highest BCUT2D eigenvalue weighted by atomic mass is 32.3. The molecular weight excluding hydrogens is 272 g/mol. The summed E-state index contributed by atoms with van der Waals surface area (Å²) in [5, 5.41) is 0.899. The Morgan fingerprint density at radius 2 is 1.90 bits per heavy atom. The van der Waals surface area contributed by atoms with Gasteiger partial charge < -0.3 is 0 Å². The summed E-state index contributed by atoms with van der Waals surface area (Å²) in [5.41, 5.74) is 4.31. The first-order valence-electron chi connectivity index (χ1n) is 8.50. The molecule has 0 radical (unpaired) electrons. The molecule has 3 rings (SSSR count). The van der Waals surface area contributed by atoms with E-state index in [2.05, 4.69) is 44.2 Å². The monoisotopic (exact) mass is 302 g/mol. The Morgan fingerprint density at radius 3 is 2.57 bits per heavy atom. The molecule has 1 heterocycles. The highest BCUT2D eigenvalue weighted by Gasteiger charge is 2.38. The van der Waals surface area contributed by atoms with Crippen LogP contribution in [0.15, 0.2) is 29.7 Å². The van der Waals surface area contributed by atoms with Crippen LogP contribution >= 0.6 is 10.0 Å². The van der Waals surface area contributed by atoms with Gasteiger partial charge in [-0.25, -0.2) is 10.0 Å². The Morgan fingerprint density at radius 1 is 1.19 bits per heavy atom. The van der Waals surface area contributed by atoms with Crippen molar-refractivity contribution in [3.8, 4) is 0 Å². The molecule has 2 aliphatic rings. The molecular formula is C20H30S. The number of benzene rings is 1. The largest absolute Gasteiger partial charge is 0.216 e. The van der Waals surface area contributed by atoms with Crippen molar-refractivity contribution in [2.24, 2.45) is 5.92 Å². The topological polar surface area (TPSA) is 0 Å². The van der Waals surface area contributed by atoms with Crippen LogP contribution in [0.25, 0.3) is 5.57 Å². The van der Waals surface area contributed by atoms with Crippen LogP contribution in [0.2, 0.25) is 0 Å². The fourth-order valence-electron chi connectivity index (χ4n) is 4.44. The molecule has 1 aromatic carbocycles. The van der Waals surface area contributed by atoms with E-state index < -0.39 is 10.0 Å². The van der Waals surface area contributed by atoms with Crippen molar-refractivity contribution in [1.29, 1.82) is 0 Å². The Balaban J connectivity index is 1.87. The van der Waals surface area contributed by atoms with Crippen LogP contribution in [-0.4, -0.2) is 17.8 Å². The standard InChI is InChI=1S/C20H30S/c1-15(2)19-12-8-11-17-14-18(21(3,4)20(17)19)13-16-9-6-5-7-10-16/h8,11-12,16,18H,1,5-7,9-10,13-14H2,2-4H3. The van der Waals surface area contributed by atoms with Crippen molar-refractivity contribution in [2.45, 2.75) is 62.0 Å². The summed E-state index contributed by atoms with van der Waals surface area (Å²) in [6.45, 7) is 6.39. The minimum absolute atomic E-state index is 0.682. The van der Waals surface area contributed by atoms with E-state index in [1.807, 2.05) is 0 Å². The third-order valence-corrected chi connectivity index (χ3v) is 9.24. The van der Waals surface area contributed by atoms with Crippen molar-refractivity contribution in [3.05, 3.63) is 35.9 Å². The van der Waals surface area contributed by atoms with Gasteiger partial charge in [0.25, 0.3) is 0 Å². The van der Waals surface area contributed by atoms with E-state index in [9.17, 15) is 0 Å². The first-order chi connectivity index (χ1) is 10.00. The van der Waals surface area contributed by atoms with Gasteiger partial charge in [-0.15, -0.1) is 0 Å². The van der Waals surface area contributed by atoms with E-state index in [-0.39, 0.29) is 0 Å². The smallest absolute Gasteiger partial charge is 0.000655 e. The molecule has 1 atom stereocenters. The van der Waals surface area contributed by atoms with Gasteiger partial charge >= 0.3 is 0 Å². The molecule has 1 fully saturated rings. The van der Waals surface area contributed by atoms with Crippen LogP contribution in [0, 0.1) is 5.92 Å². The lowest BCUT2D eigenvalue weighted by Crippen LogP contribution is -2.19. The van der Waals surface area contributed by atoms with Crippen molar-refractivity contribution in [3.63, 3.8) is 0 Å². The Kier molecular flexibility index (Phi) is 4.23. The Bertz CT molecular complexity index is 535. The first-order valence-corrected chi connectivity index (χ1v) is 11.0. The summed E-state index contributed by atoms with van der Waals surface area (Å²) in [5.74, 6) is 0.998. The number of hydrogen-bond acceptors (Lipinski definition) is 0. The van der Waals surface area contributed by atoms with Gasteiger partial charge in [0.1, 0.15) is 0 Å².